The first-order valence-corrected chi connectivity index (χ1v) is 6.04. The molecule has 0 saturated carbocycles. The van der Waals surface area contributed by atoms with Gasteiger partial charge in [0.05, 0.1) is 4.92 Å². The maximum Gasteiger partial charge on any atom is 0.282 e. The minimum atomic E-state index is -0.594. The average molecular weight is 322 g/mol. The third kappa shape index (κ3) is 3.14. The summed E-state index contributed by atoms with van der Waals surface area (Å²) in [7, 11) is 0. The lowest BCUT2D eigenvalue weighted by molar-refractivity contribution is -0.385. The highest BCUT2D eigenvalue weighted by molar-refractivity contribution is 9.10. The van der Waals surface area contributed by atoms with Gasteiger partial charge >= 0.3 is 0 Å². The second-order valence-electron chi connectivity index (χ2n) is 3.57. The number of para-hydroxylation sites is 1. The standard InChI is InChI=1S/C12H8BrN3O3/c13-10-6-3-7-11(14-10)15-12(17)8-4-1-2-5-9(8)16(18)19/h1-7H,(H,14,15,17). The van der Waals surface area contributed by atoms with Crippen LogP contribution in [-0.4, -0.2) is 15.8 Å². The molecule has 1 aromatic carbocycles. The van der Waals surface area contributed by atoms with E-state index in [4.69, 9.17) is 0 Å². The van der Waals surface area contributed by atoms with Gasteiger partial charge in [-0.25, -0.2) is 4.98 Å². The summed E-state index contributed by atoms with van der Waals surface area (Å²) in [4.78, 5) is 26.2. The number of nitro benzene ring substituents is 1. The zero-order chi connectivity index (χ0) is 13.8. The Morgan fingerprint density at radius 1 is 1.21 bits per heavy atom. The number of anilines is 1. The van der Waals surface area contributed by atoms with E-state index in [9.17, 15) is 14.9 Å². The van der Waals surface area contributed by atoms with Crippen molar-refractivity contribution in [2.24, 2.45) is 0 Å². The van der Waals surface area contributed by atoms with Crippen LogP contribution >= 0.6 is 15.9 Å². The van der Waals surface area contributed by atoms with Crippen molar-refractivity contribution < 1.29 is 9.72 Å². The van der Waals surface area contributed by atoms with Gasteiger partial charge in [0.2, 0.25) is 0 Å². The second kappa shape index (κ2) is 5.57. The maximum atomic E-state index is 12.0. The summed E-state index contributed by atoms with van der Waals surface area (Å²) in [6, 6.07) is 10.8. The Morgan fingerprint density at radius 2 is 1.95 bits per heavy atom. The molecule has 96 valence electrons. The van der Waals surface area contributed by atoms with Gasteiger partial charge in [0.25, 0.3) is 11.6 Å². The molecule has 1 heterocycles. The molecule has 0 fully saturated rings. The average Bonchev–Trinajstić information content (AvgIpc) is 2.38. The lowest BCUT2D eigenvalue weighted by Gasteiger charge is -2.05. The van der Waals surface area contributed by atoms with Gasteiger partial charge in [-0.05, 0) is 34.1 Å². The molecular weight excluding hydrogens is 314 g/mol. The number of benzene rings is 1. The minimum Gasteiger partial charge on any atom is -0.306 e. The van der Waals surface area contributed by atoms with Crippen molar-refractivity contribution in [1.29, 1.82) is 0 Å². The largest absolute Gasteiger partial charge is 0.306 e. The Hall–Kier alpha value is -2.28. The van der Waals surface area contributed by atoms with E-state index in [0.717, 1.165) is 0 Å². The Labute approximate surface area is 116 Å². The van der Waals surface area contributed by atoms with Gasteiger partial charge in [-0.1, -0.05) is 18.2 Å². The Kier molecular flexibility index (Phi) is 3.86. The molecule has 0 spiro atoms. The molecule has 1 aromatic heterocycles. The van der Waals surface area contributed by atoms with Crippen LogP contribution in [0.15, 0.2) is 47.1 Å². The number of nitrogens with one attached hydrogen (secondary N) is 1. The molecule has 6 nitrogen and oxygen atoms in total. The summed E-state index contributed by atoms with van der Waals surface area (Å²) in [5.74, 6) is -0.254. The van der Waals surface area contributed by atoms with Crippen LogP contribution in [-0.2, 0) is 0 Å². The Balaban J connectivity index is 2.28. The van der Waals surface area contributed by atoms with E-state index in [0.29, 0.717) is 10.4 Å². The van der Waals surface area contributed by atoms with Gasteiger partial charge in [0.15, 0.2) is 0 Å². The molecule has 0 unspecified atom stereocenters. The summed E-state index contributed by atoms with van der Waals surface area (Å²) in [6.07, 6.45) is 0. The molecule has 0 atom stereocenters. The van der Waals surface area contributed by atoms with E-state index in [1.54, 1.807) is 24.3 Å². The fraction of sp³-hybridized carbons (Fsp3) is 0. The van der Waals surface area contributed by atoms with E-state index in [-0.39, 0.29) is 11.3 Å². The van der Waals surface area contributed by atoms with E-state index in [2.05, 4.69) is 26.2 Å². The van der Waals surface area contributed by atoms with Gasteiger partial charge in [0.1, 0.15) is 16.0 Å². The molecule has 7 heteroatoms. The number of nitro groups is 1. The number of aromatic nitrogens is 1. The summed E-state index contributed by atoms with van der Waals surface area (Å²) >= 11 is 3.18. The van der Waals surface area contributed by atoms with Crippen molar-refractivity contribution in [2.45, 2.75) is 0 Å². The Bertz CT molecular complexity index is 646. The normalized spacial score (nSPS) is 9.95. The fourth-order valence-corrected chi connectivity index (χ4v) is 1.83. The Morgan fingerprint density at radius 3 is 2.63 bits per heavy atom. The fourth-order valence-electron chi connectivity index (χ4n) is 1.49. The molecule has 2 aromatic rings. The molecule has 1 N–H and O–H groups in total. The summed E-state index contributed by atoms with van der Waals surface area (Å²) in [6.45, 7) is 0. The second-order valence-corrected chi connectivity index (χ2v) is 4.39. The van der Waals surface area contributed by atoms with Crippen molar-refractivity contribution in [3.05, 3.63) is 62.7 Å². The van der Waals surface area contributed by atoms with Crippen molar-refractivity contribution in [2.75, 3.05) is 5.32 Å². The van der Waals surface area contributed by atoms with Gasteiger partial charge in [-0.3, -0.25) is 14.9 Å². The molecule has 0 radical (unpaired) electrons. The van der Waals surface area contributed by atoms with Gasteiger partial charge in [-0.15, -0.1) is 0 Å². The lowest BCUT2D eigenvalue weighted by Crippen LogP contribution is -2.14. The first kappa shape index (κ1) is 13.2. The highest BCUT2D eigenvalue weighted by atomic mass is 79.9. The quantitative estimate of drug-likeness (QED) is 0.535. The van der Waals surface area contributed by atoms with Crippen molar-refractivity contribution in [3.8, 4) is 0 Å². The zero-order valence-corrected chi connectivity index (χ0v) is 11.1. The van der Waals surface area contributed by atoms with Crippen LogP contribution < -0.4 is 5.32 Å². The smallest absolute Gasteiger partial charge is 0.282 e. The first-order chi connectivity index (χ1) is 9.08. The molecular formula is C12H8BrN3O3. The predicted octanol–water partition coefficient (Wildman–Crippen LogP) is 3.00. The molecule has 0 bridgehead atoms. The number of rotatable bonds is 3. The van der Waals surface area contributed by atoms with Crippen molar-refractivity contribution in [3.63, 3.8) is 0 Å². The number of carbonyl (C=O) groups is 1. The number of hydrogen-bond acceptors (Lipinski definition) is 4. The summed E-state index contributed by atoms with van der Waals surface area (Å²) < 4.78 is 0.563. The van der Waals surface area contributed by atoms with Crippen LogP contribution in [0.3, 0.4) is 0 Å². The summed E-state index contributed by atoms with van der Waals surface area (Å²) in [5, 5.41) is 13.3. The van der Waals surface area contributed by atoms with Crippen LogP contribution in [0.25, 0.3) is 0 Å². The van der Waals surface area contributed by atoms with Crippen LogP contribution in [0.5, 0.6) is 0 Å². The molecule has 1 amide bonds. The van der Waals surface area contributed by atoms with Crippen molar-refractivity contribution >= 4 is 33.3 Å². The van der Waals surface area contributed by atoms with Crippen LogP contribution in [0.4, 0.5) is 11.5 Å². The highest BCUT2D eigenvalue weighted by Gasteiger charge is 2.19. The molecule has 0 aliphatic rings. The molecule has 2 rings (SSSR count). The van der Waals surface area contributed by atoms with E-state index >= 15 is 0 Å². The van der Waals surface area contributed by atoms with E-state index < -0.39 is 10.8 Å². The lowest BCUT2D eigenvalue weighted by atomic mass is 10.1. The molecule has 0 aliphatic heterocycles. The van der Waals surface area contributed by atoms with Gasteiger partial charge in [-0.2, -0.15) is 0 Å². The van der Waals surface area contributed by atoms with E-state index in [1.807, 2.05) is 0 Å². The third-order valence-electron chi connectivity index (χ3n) is 2.30. The first-order valence-electron chi connectivity index (χ1n) is 5.25. The zero-order valence-electron chi connectivity index (χ0n) is 9.54. The molecule has 0 aliphatic carbocycles. The third-order valence-corrected chi connectivity index (χ3v) is 2.74. The van der Waals surface area contributed by atoms with Crippen LogP contribution in [0, 0.1) is 10.1 Å². The van der Waals surface area contributed by atoms with Gasteiger partial charge < -0.3 is 5.32 Å². The number of halogens is 1. The predicted molar refractivity (Wildman–Crippen MR) is 73.0 cm³/mol. The minimum absolute atomic E-state index is 0.00530. The monoisotopic (exact) mass is 321 g/mol. The van der Waals surface area contributed by atoms with Gasteiger partial charge in [0, 0.05) is 6.07 Å². The van der Waals surface area contributed by atoms with Crippen LogP contribution in [0.2, 0.25) is 0 Å². The van der Waals surface area contributed by atoms with Crippen LogP contribution in [0.1, 0.15) is 10.4 Å². The number of pyridine rings is 1. The molecule has 19 heavy (non-hydrogen) atoms. The van der Waals surface area contributed by atoms with Crippen molar-refractivity contribution in [1.82, 2.24) is 4.98 Å². The number of nitrogens with zero attached hydrogens (tertiary/aromatic N) is 2. The number of carbonyl (C=O) groups excluding carboxylic acids is 1. The SMILES string of the molecule is O=C(Nc1cccc(Br)n1)c1ccccc1[N+](=O)[O-]. The number of amides is 1. The van der Waals surface area contributed by atoms with E-state index in [1.165, 1.54) is 18.2 Å². The topological polar surface area (TPSA) is 85.1 Å². The molecule has 0 saturated heterocycles. The summed E-state index contributed by atoms with van der Waals surface area (Å²) in [5.41, 5.74) is -0.246. The number of hydrogen-bond donors (Lipinski definition) is 1. The highest BCUT2D eigenvalue weighted by Crippen LogP contribution is 2.19. The maximum absolute atomic E-state index is 12.0.